The van der Waals surface area contributed by atoms with Crippen molar-refractivity contribution in [3.05, 3.63) is 81.8 Å². The van der Waals surface area contributed by atoms with E-state index >= 15 is 0 Å². The molecule has 0 aliphatic carbocycles. The lowest BCUT2D eigenvalue weighted by atomic mass is 9.86. The van der Waals surface area contributed by atoms with Gasteiger partial charge in [0.1, 0.15) is 11.5 Å². The molecule has 2 heterocycles. The Morgan fingerprint density at radius 3 is 2.70 bits per heavy atom. The molecule has 2 aromatic carbocycles. The topological polar surface area (TPSA) is 88.3 Å². The van der Waals surface area contributed by atoms with E-state index in [-0.39, 0.29) is 17.4 Å². The van der Waals surface area contributed by atoms with Gasteiger partial charge >= 0.3 is 0 Å². The van der Waals surface area contributed by atoms with Gasteiger partial charge in [-0.1, -0.05) is 30.3 Å². The SMILES string of the molecule is COc1cccc([C@@H]2CNC[C@H]2c2cc(=O)[nH]c(NCc3ccccc3OC)n2)c1. The lowest BCUT2D eigenvalue weighted by Crippen LogP contribution is -2.19. The number of rotatable bonds is 7. The molecular weight excluding hydrogens is 380 g/mol. The summed E-state index contributed by atoms with van der Waals surface area (Å²) in [6.45, 7) is 2.10. The Bertz CT molecular complexity index is 1070. The normalized spacial score (nSPS) is 18.2. The van der Waals surface area contributed by atoms with E-state index in [1.54, 1.807) is 20.3 Å². The number of anilines is 1. The molecule has 0 saturated carbocycles. The highest BCUT2D eigenvalue weighted by atomic mass is 16.5. The molecule has 1 saturated heterocycles. The van der Waals surface area contributed by atoms with Crippen LogP contribution in [0, 0.1) is 0 Å². The number of nitrogens with zero attached hydrogens (tertiary/aromatic N) is 1. The van der Waals surface area contributed by atoms with Crippen molar-refractivity contribution in [2.45, 2.75) is 18.4 Å². The Balaban J connectivity index is 1.57. The number of methoxy groups -OCH3 is 2. The molecule has 156 valence electrons. The third kappa shape index (κ3) is 4.31. The van der Waals surface area contributed by atoms with E-state index in [1.807, 2.05) is 36.4 Å². The summed E-state index contributed by atoms with van der Waals surface area (Å²) in [6.07, 6.45) is 0. The molecule has 0 bridgehead atoms. The second-order valence-corrected chi connectivity index (χ2v) is 7.33. The quantitative estimate of drug-likeness (QED) is 0.559. The summed E-state index contributed by atoms with van der Waals surface area (Å²) in [4.78, 5) is 19.9. The number of H-pyrrole nitrogens is 1. The summed E-state index contributed by atoms with van der Waals surface area (Å²) in [5, 5.41) is 6.66. The van der Waals surface area contributed by atoms with Gasteiger partial charge in [-0.2, -0.15) is 0 Å². The van der Waals surface area contributed by atoms with E-state index in [1.165, 1.54) is 5.56 Å². The van der Waals surface area contributed by atoms with Crippen LogP contribution in [-0.4, -0.2) is 37.3 Å². The fourth-order valence-electron chi connectivity index (χ4n) is 3.99. The standard InChI is InChI=1S/C23H26N4O3/c1-29-17-8-5-7-15(10-17)18-13-24-14-19(18)20-11-22(28)27-23(26-20)25-12-16-6-3-4-9-21(16)30-2/h3-11,18-19,24H,12-14H2,1-2H3,(H2,25,26,27,28)/t18-,19+/m0/s1. The Labute approximate surface area is 175 Å². The van der Waals surface area contributed by atoms with E-state index in [9.17, 15) is 4.79 Å². The minimum absolute atomic E-state index is 0.103. The van der Waals surface area contributed by atoms with Crippen molar-refractivity contribution < 1.29 is 9.47 Å². The number of hydrogen-bond donors (Lipinski definition) is 3. The summed E-state index contributed by atoms with van der Waals surface area (Å²) in [7, 11) is 3.31. The van der Waals surface area contributed by atoms with Gasteiger partial charge in [0.2, 0.25) is 5.95 Å². The zero-order chi connectivity index (χ0) is 20.9. The first kappa shape index (κ1) is 20.0. The molecule has 2 atom stereocenters. The van der Waals surface area contributed by atoms with Gasteiger partial charge < -0.3 is 20.1 Å². The van der Waals surface area contributed by atoms with Crippen LogP contribution in [0.1, 0.15) is 28.7 Å². The molecule has 1 aliphatic rings. The molecule has 7 heteroatoms. The first-order valence-corrected chi connectivity index (χ1v) is 9.99. The van der Waals surface area contributed by atoms with Gasteiger partial charge in [-0.15, -0.1) is 0 Å². The van der Waals surface area contributed by atoms with Crippen molar-refractivity contribution in [3.8, 4) is 11.5 Å². The predicted molar refractivity (Wildman–Crippen MR) is 117 cm³/mol. The zero-order valence-electron chi connectivity index (χ0n) is 17.1. The molecule has 1 aliphatic heterocycles. The molecule has 3 N–H and O–H groups in total. The maximum absolute atomic E-state index is 12.3. The molecule has 0 amide bonds. The Kier molecular flexibility index (Phi) is 5.99. The van der Waals surface area contributed by atoms with E-state index in [4.69, 9.17) is 14.5 Å². The molecule has 1 aromatic heterocycles. The second-order valence-electron chi connectivity index (χ2n) is 7.33. The molecule has 3 aromatic rings. The van der Waals surface area contributed by atoms with Crippen molar-refractivity contribution in [1.29, 1.82) is 0 Å². The van der Waals surface area contributed by atoms with E-state index in [0.29, 0.717) is 12.5 Å². The third-order valence-electron chi connectivity index (χ3n) is 5.52. The van der Waals surface area contributed by atoms with Crippen LogP contribution in [0.3, 0.4) is 0 Å². The number of aromatic amines is 1. The number of aromatic nitrogens is 2. The highest BCUT2D eigenvalue weighted by Gasteiger charge is 2.31. The minimum atomic E-state index is -0.168. The number of para-hydroxylation sites is 1. The highest BCUT2D eigenvalue weighted by molar-refractivity contribution is 5.38. The van der Waals surface area contributed by atoms with Gasteiger partial charge in [0.15, 0.2) is 0 Å². The maximum Gasteiger partial charge on any atom is 0.252 e. The Hall–Kier alpha value is -3.32. The van der Waals surface area contributed by atoms with Crippen molar-refractivity contribution in [1.82, 2.24) is 15.3 Å². The van der Waals surface area contributed by atoms with Crippen LogP contribution in [0.4, 0.5) is 5.95 Å². The van der Waals surface area contributed by atoms with E-state index < -0.39 is 0 Å². The summed E-state index contributed by atoms with van der Waals surface area (Å²) in [5.74, 6) is 2.40. The first-order chi connectivity index (χ1) is 14.7. The molecule has 1 fully saturated rings. The smallest absolute Gasteiger partial charge is 0.252 e. The van der Waals surface area contributed by atoms with Crippen LogP contribution >= 0.6 is 0 Å². The van der Waals surface area contributed by atoms with Crippen LogP contribution in [0.5, 0.6) is 11.5 Å². The number of ether oxygens (including phenoxy) is 2. The summed E-state index contributed by atoms with van der Waals surface area (Å²) < 4.78 is 10.8. The van der Waals surface area contributed by atoms with E-state index in [2.05, 4.69) is 27.8 Å². The van der Waals surface area contributed by atoms with Gasteiger partial charge in [-0.05, 0) is 23.8 Å². The summed E-state index contributed by atoms with van der Waals surface area (Å²) >= 11 is 0. The lowest BCUT2D eigenvalue weighted by molar-refractivity contribution is 0.410. The molecule has 7 nitrogen and oxygen atoms in total. The number of nitrogens with one attached hydrogen (secondary N) is 3. The maximum atomic E-state index is 12.3. The van der Waals surface area contributed by atoms with Crippen LogP contribution in [0.25, 0.3) is 0 Å². The number of hydrogen-bond acceptors (Lipinski definition) is 6. The molecule has 0 radical (unpaired) electrons. The molecule has 0 unspecified atom stereocenters. The van der Waals surface area contributed by atoms with Crippen molar-refractivity contribution in [2.75, 3.05) is 32.6 Å². The summed E-state index contributed by atoms with van der Waals surface area (Å²) in [5.41, 5.74) is 2.78. The van der Waals surface area contributed by atoms with Crippen LogP contribution < -0.4 is 25.7 Å². The minimum Gasteiger partial charge on any atom is -0.497 e. The Morgan fingerprint density at radius 1 is 1.03 bits per heavy atom. The monoisotopic (exact) mass is 406 g/mol. The van der Waals surface area contributed by atoms with Gasteiger partial charge in [0.05, 0.1) is 19.9 Å². The summed E-state index contributed by atoms with van der Waals surface area (Å²) in [6, 6.07) is 17.4. The van der Waals surface area contributed by atoms with Gasteiger partial charge in [-0.3, -0.25) is 9.78 Å². The van der Waals surface area contributed by atoms with Crippen molar-refractivity contribution >= 4 is 5.95 Å². The number of benzene rings is 2. The molecule has 0 spiro atoms. The van der Waals surface area contributed by atoms with Crippen LogP contribution in [0.15, 0.2) is 59.4 Å². The van der Waals surface area contributed by atoms with Gasteiger partial charge in [-0.25, -0.2) is 4.98 Å². The lowest BCUT2D eigenvalue weighted by Gasteiger charge is -2.19. The van der Waals surface area contributed by atoms with E-state index in [0.717, 1.165) is 35.8 Å². The van der Waals surface area contributed by atoms with Crippen LogP contribution in [-0.2, 0) is 6.54 Å². The second kappa shape index (κ2) is 9.00. The van der Waals surface area contributed by atoms with Gasteiger partial charge in [0, 0.05) is 43.1 Å². The average molecular weight is 406 g/mol. The first-order valence-electron chi connectivity index (χ1n) is 9.99. The highest BCUT2D eigenvalue weighted by Crippen LogP contribution is 2.36. The van der Waals surface area contributed by atoms with Crippen molar-refractivity contribution in [3.63, 3.8) is 0 Å². The molecule has 30 heavy (non-hydrogen) atoms. The van der Waals surface area contributed by atoms with Gasteiger partial charge in [0.25, 0.3) is 5.56 Å². The third-order valence-corrected chi connectivity index (χ3v) is 5.52. The van der Waals surface area contributed by atoms with Crippen molar-refractivity contribution in [2.24, 2.45) is 0 Å². The Morgan fingerprint density at radius 2 is 1.87 bits per heavy atom. The van der Waals surface area contributed by atoms with Crippen LogP contribution in [0.2, 0.25) is 0 Å². The fraction of sp³-hybridized carbons (Fsp3) is 0.304. The largest absolute Gasteiger partial charge is 0.497 e. The molecule has 4 rings (SSSR count). The average Bonchev–Trinajstić information content (AvgIpc) is 3.27. The predicted octanol–water partition coefficient (Wildman–Crippen LogP) is 2.87. The molecular formula is C23H26N4O3. The zero-order valence-corrected chi connectivity index (χ0v) is 17.1. The fourth-order valence-corrected chi connectivity index (χ4v) is 3.99.